The van der Waals surface area contributed by atoms with Crippen LogP contribution in [0.1, 0.15) is 25.7 Å². The summed E-state index contributed by atoms with van der Waals surface area (Å²) in [5, 5.41) is 1.09. The first-order chi connectivity index (χ1) is 13.2. The van der Waals surface area contributed by atoms with Gasteiger partial charge in [0.1, 0.15) is 4.75 Å². The second-order valence-electron chi connectivity index (χ2n) is 6.64. The Balaban J connectivity index is 1.85. The highest BCUT2D eigenvalue weighted by molar-refractivity contribution is 8.01. The van der Waals surface area contributed by atoms with Crippen molar-refractivity contribution in [3.63, 3.8) is 0 Å². The summed E-state index contributed by atoms with van der Waals surface area (Å²) in [6.07, 6.45) is 5.62. The van der Waals surface area contributed by atoms with Gasteiger partial charge < -0.3 is 4.74 Å². The molecule has 0 radical (unpaired) electrons. The summed E-state index contributed by atoms with van der Waals surface area (Å²) >= 11 is 3.09. The summed E-state index contributed by atoms with van der Waals surface area (Å²) in [5.41, 5.74) is 2.75. The van der Waals surface area contributed by atoms with Crippen LogP contribution < -0.4 is 0 Å². The Labute approximate surface area is 166 Å². The predicted molar refractivity (Wildman–Crippen MR) is 110 cm³/mol. The number of hydrogen-bond donors (Lipinski definition) is 0. The third-order valence-electron chi connectivity index (χ3n) is 5.04. The number of aromatic nitrogens is 1. The molecule has 1 fully saturated rings. The van der Waals surface area contributed by atoms with E-state index >= 15 is 0 Å². The first-order valence-electron chi connectivity index (χ1n) is 8.79. The number of methoxy groups -OCH3 is 1. The molecule has 1 aliphatic rings. The molecule has 0 unspecified atom stereocenters. The molecule has 0 aliphatic heterocycles. The molecule has 4 rings (SSSR count). The van der Waals surface area contributed by atoms with Crippen molar-refractivity contribution in [2.75, 3.05) is 7.11 Å². The second-order valence-corrected chi connectivity index (χ2v) is 8.86. The molecule has 0 spiro atoms. The normalized spacial score (nSPS) is 15.6. The van der Waals surface area contributed by atoms with Crippen LogP contribution in [0.15, 0.2) is 47.5 Å². The van der Waals surface area contributed by atoms with E-state index in [2.05, 4.69) is 21.4 Å². The van der Waals surface area contributed by atoms with Crippen molar-refractivity contribution >= 4 is 45.0 Å². The van der Waals surface area contributed by atoms with Crippen molar-refractivity contribution < 1.29 is 9.53 Å². The maximum Gasteiger partial charge on any atom is 0.322 e. The van der Waals surface area contributed by atoms with Gasteiger partial charge in [0.25, 0.3) is 0 Å². The number of thioether (sulfide) groups is 1. The number of carbonyl (C=O) groups is 1. The topological polar surface area (TPSA) is 43.5 Å². The van der Waals surface area contributed by atoms with E-state index in [1.54, 1.807) is 11.8 Å². The second kappa shape index (κ2) is 7.34. The summed E-state index contributed by atoms with van der Waals surface area (Å²) in [6.45, 7) is 7.17. The Bertz CT molecular complexity index is 1030. The lowest BCUT2D eigenvalue weighted by atomic mass is 10.0. The van der Waals surface area contributed by atoms with Gasteiger partial charge in [-0.3, -0.25) is 4.79 Å². The zero-order chi connectivity index (χ0) is 18.9. The number of hydrogen-bond acceptors (Lipinski definition) is 5. The summed E-state index contributed by atoms with van der Waals surface area (Å²) in [4.78, 5) is 17.1. The summed E-state index contributed by atoms with van der Waals surface area (Å²) in [5.74, 6) is -0.135. The van der Waals surface area contributed by atoms with Crippen LogP contribution >= 0.6 is 23.3 Å². The number of nitrogens with zero attached hydrogens (tertiary/aromatic N) is 2. The van der Waals surface area contributed by atoms with E-state index in [9.17, 15) is 4.79 Å². The Morgan fingerprint density at radius 3 is 2.63 bits per heavy atom. The zero-order valence-electron chi connectivity index (χ0n) is 14.9. The standard InChI is InChI=1S/C21H18N2O2S2/c1-22-16-8-5-14(6-9-16)18-17(10-7-15-13-23-27-19(15)18)26-21(20(24)25-2)11-3-4-12-21/h5-10,13H,3-4,11-12H2,2H3. The number of benzene rings is 2. The van der Waals surface area contributed by atoms with E-state index in [0.717, 1.165) is 51.8 Å². The molecule has 4 nitrogen and oxygen atoms in total. The third kappa shape index (κ3) is 3.22. The number of rotatable bonds is 4. The summed E-state index contributed by atoms with van der Waals surface area (Å²) in [6, 6.07) is 11.8. The molecule has 0 N–H and O–H groups in total. The minimum absolute atomic E-state index is 0.135. The molecule has 1 aliphatic carbocycles. The molecule has 1 saturated carbocycles. The van der Waals surface area contributed by atoms with Gasteiger partial charge in [-0.05, 0) is 36.0 Å². The van der Waals surface area contributed by atoms with Gasteiger partial charge in [-0.1, -0.05) is 43.2 Å². The molecule has 1 heterocycles. The third-order valence-corrected chi connectivity index (χ3v) is 7.40. The smallest absolute Gasteiger partial charge is 0.322 e. The Morgan fingerprint density at radius 1 is 1.22 bits per heavy atom. The molecule has 136 valence electrons. The van der Waals surface area contributed by atoms with E-state index in [-0.39, 0.29) is 5.97 Å². The van der Waals surface area contributed by atoms with E-state index < -0.39 is 4.75 Å². The van der Waals surface area contributed by atoms with Crippen LogP contribution in [0.3, 0.4) is 0 Å². The van der Waals surface area contributed by atoms with E-state index in [4.69, 9.17) is 11.3 Å². The largest absolute Gasteiger partial charge is 0.468 e. The minimum atomic E-state index is -0.516. The van der Waals surface area contributed by atoms with E-state index in [1.807, 2.05) is 30.5 Å². The molecule has 6 heteroatoms. The SMILES string of the molecule is [C-]#[N+]c1ccc(-c2c(SC3(C(=O)OC)CCCC3)ccc3cnsc23)cc1. The van der Waals surface area contributed by atoms with Gasteiger partial charge in [0, 0.05) is 22.0 Å². The highest BCUT2D eigenvalue weighted by atomic mass is 32.2. The molecule has 0 amide bonds. The first-order valence-corrected chi connectivity index (χ1v) is 10.4. The average molecular weight is 395 g/mol. The van der Waals surface area contributed by atoms with E-state index in [0.29, 0.717) is 5.69 Å². The first kappa shape index (κ1) is 18.0. The highest BCUT2D eigenvalue weighted by Gasteiger charge is 2.44. The summed E-state index contributed by atoms with van der Waals surface area (Å²) in [7, 11) is 1.47. The predicted octanol–water partition coefficient (Wildman–Crippen LogP) is 6.09. The summed E-state index contributed by atoms with van der Waals surface area (Å²) < 4.78 is 10.1. The fraction of sp³-hybridized carbons (Fsp3) is 0.286. The molecule has 27 heavy (non-hydrogen) atoms. The minimum Gasteiger partial charge on any atom is -0.468 e. The number of esters is 1. The average Bonchev–Trinajstić information content (AvgIpc) is 3.37. The quantitative estimate of drug-likeness (QED) is 0.397. The monoisotopic (exact) mass is 394 g/mol. The lowest BCUT2D eigenvalue weighted by Gasteiger charge is -2.26. The van der Waals surface area contributed by atoms with Crippen LogP contribution in [0.2, 0.25) is 0 Å². The van der Waals surface area contributed by atoms with Crippen molar-refractivity contribution in [3.05, 3.63) is 54.0 Å². The molecule has 3 aromatic rings. The maximum absolute atomic E-state index is 12.6. The van der Waals surface area contributed by atoms with Crippen LogP contribution in [0.4, 0.5) is 5.69 Å². The van der Waals surface area contributed by atoms with Crippen molar-refractivity contribution in [1.29, 1.82) is 0 Å². The van der Waals surface area contributed by atoms with Crippen LogP contribution in [0.5, 0.6) is 0 Å². The molecular formula is C21H18N2O2S2. The zero-order valence-corrected chi connectivity index (χ0v) is 16.5. The van der Waals surface area contributed by atoms with E-state index in [1.165, 1.54) is 18.6 Å². The van der Waals surface area contributed by atoms with Gasteiger partial charge in [-0.15, -0.1) is 11.8 Å². The fourth-order valence-corrected chi connectivity index (χ4v) is 6.09. The maximum atomic E-state index is 12.6. The van der Waals surface area contributed by atoms with Crippen LogP contribution in [0.25, 0.3) is 26.1 Å². The van der Waals surface area contributed by atoms with Crippen LogP contribution in [-0.2, 0) is 9.53 Å². The van der Waals surface area contributed by atoms with Gasteiger partial charge in [0.2, 0.25) is 0 Å². The lowest BCUT2D eigenvalue weighted by molar-refractivity contribution is -0.143. The van der Waals surface area contributed by atoms with Gasteiger partial charge in [0.15, 0.2) is 5.69 Å². The molecule has 2 aromatic carbocycles. The van der Waals surface area contributed by atoms with Gasteiger partial charge in [-0.2, -0.15) is 4.37 Å². The van der Waals surface area contributed by atoms with Gasteiger partial charge in [-0.25, -0.2) is 4.85 Å². The van der Waals surface area contributed by atoms with Crippen molar-refractivity contribution in [2.45, 2.75) is 35.3 Å². The molecule has 0 bridgehead atoms. The number of ether oxygens (including phenoxy) is 1. The fourth-order valence-electron chi connectivity index (χ4n) is 3.67. The Kier molecular flexibility index (Phi) is 4.90. The number of carbonyl (C=O) groups excluding carboxylic acids is 1. The molecule has 1 aromatic heterocycles. The molecule has 0 atom stereocenters. The highest BCUT2D eigenvalue weighted by Crippen LogP contribution is 2.50. The van der Waals surface area contributed by atoms with Gasteiger partial charge in [0.05, 0.1) is 18.4 Å². The molecule has 0 saturated heterocycles. The van der Waals surface area contributed by atoms with Gasteiger partial charge >= 0.3 is 5.97 Å². The van der Waals surface area contributed by atoms with Crippen molar-refractivity contribution in [3.8, 4) is 11.1 Å². The molecular weight excluding hydrogens is 376 g/mol. The lowest BCUT2D eigenvalue weighted by Crippen LogP contribution is -2.33. The Hall–Kier alpha value is -2.36. The van der Waals surface area contributed by atoms with Crippen LogP contribution in [0, 0.1) is 6.57 Å². The number of fused-ring (bicyclic) bond motifs is 1. The van der Waals surface area contributed by atoms with Crippen LogP contribution in [-0.4, -0.2) is 22.2 Å². The van der Waals surface area contributed by atoms with Crippen molar-refractivity contribution in [1.82, 2.24) is 4.37 Å². The Morgan fingerprint density at radius 2 is 1.96 bits per heavy atom. The van der Waals surface area contributed by atoms with Crippen molar-refractivity contribution in [2.24, 2.45) is 0 Å².